The summed E-state index contributed by atoms with van der Waals surface area (Å²) in [5, 5.41) is 5.01. The number of nitrogens with one attached hydrogen (secondary N) is 2. The number of carbonyl (C=O) groups excluding carboxylic acids is 2. The fraction of sp³-hybridized carbons (Fsp3) is 0.429. The third kappa shape index (κ3) is 6.03. The second-order valence-corrected chi connectivity index (χ2v) is 2.74. The Morgan fingerprint density at radius 1 is 0.722 bits per heavy atom. The maximum atomic E-state index is 11.2. The number of hydrogen-bond donors (Lipinski definition) is 2. The highest BCUT2D eigenvalue weighted by Gasteiger charge is 2.05. The molecule has 0 atom stereocenters. The molecule has 0 aliphatic carbocycles. The van der Waals surface area contributed by atoms with Crippen LogP contribution in [0.1, 0.15) is 48.4 Å². The van der Waals surface area contributed by atoms with E-state index in [-0.39, 0.29) is 11.8 Å². The summed E-state index contributed by atoms with van der Waals surface area (Å²) in [6.45, 7) is 8.00. The van der Waals surface area contributed by atoms with Crippen LogP contribution in [-0.2, 0) is 0 Å². The summed E-state index contributed by atoms with van der Waals surface area (Å²) in [4.78, 5) is 22.3. The summed E-state index contributed by atoms with van der Waals surface area (Å²) in [6.07, 6.45) is 0. The molecule has 102 valence electrons. The first kappa shape index (κ1) is 18.5. The number of hydrogen-bond acceptors (Lipinski definition) is 2. The van der Waals surface area contributed by atoms with E-state index in [1.165, 1.54) is 0 Å². The fourth-order valence-corrected chi connectivity index (χ4v) is 1.06. The lowest BCUT2D eigenvalue weighted by atomic mass is 10.1. The Morgan fingerprint density at radius 2 is 0.944 bits per heavy atom. The van der Waals surface area contributed by atoms with Gasteiger partial charge in [-0.2, -0.15) is 0 Å². The van der Waals surface area contributed by atoms with Gasteiger partial charge in [0, 0.05) is 25.2 Å². The zero-order valence-electron chi connectivity index (χ0n) is 12.1. The Balaban J connectivity index is 0. The molecule has 1 aromatic rings. The largest absolute Gasteiger partial charge is 0.355 e. The van der Waals surface area contributed by atoms with Crippen LogP contribution >= 0.6 is 0 Å². The molecule has 0 bridgehead atoms. The Labute approximate surface area is 110 Å². The zero-order valence-corrected chi connectivity index (χ0v) is 12.1. The van der Waals surface area contributed by atoms with E-state index in [1.54, 1.807) is 38.4 Å². The molecule has 1 rings (SSSR count). The number of benzene rings is 1. The fourth-order valence-electron chi connectivity index (χ4n) is 1.06. The van der Waals surface area contributed by atoms with Gasteiger partial charge in [-0.3, -0.25) is 9.59 Å². The third-order valence-electron chi connectivity index (χ3n) is 1.86. The van der Waals surface area contributed by atoms with Gasteiger partial charge in [-0.15, -0.1) is 0 Å². The first-order valence-corrected chi connectivity index (χ1v) is 6.23. The van der Waals surface area contributed by atoms with Crippen LogP contribution in [0, 0.1) is 0 Å². The van der Waals surface area contributed by atoms with Crippen LogP contribution in [0.25, 0.3) is 0 Å². The van der Waals surface area contributed by atoms with Crippen molar-refractivity contribution in [3.63, 3.8) is 0 Å². The molecular formula is C14H24N2O2. The van der Waals surface area contributed by atoms with Crippen LogP contribution in [0.15, 0.2) is 24.3 Å². The molecule has 4 heteroatoms. The van der Waals surface area contributed by atoms with Crippen LogP contribution in [0.2, 0.25) is 0 Å². The summed E-state index contributed by atoms with van der Waals surface area (Å²) in [5.74, 6) is -0.318. The monoisotopic (exact) mass is 252 g/mol. The normalized spacial score (nSPS) is 7.89. The van der Waals surface area contributed by atoms with E-state index in [2.05, 4.69) is 10.6 Å². The van der Waals surface area contributed by atoms with E-state index >= 15 is 0 Å². The van der Waals surface area contributed by atoms with E-state index in [0.29, 0.717) is 11.1 Å². The van der Waals surface area contributed by atoms with E-state index in [9.17, 15) is 9.59 Å². The zero-order chi connectivity index (χ0) is 14.6. The standard InChI is InChI=1S/C10H12N2O2.2C2H6/c1-11-9(13)7-3-5-8(6-4-7)10(14)12-2;2*1-2/h3-6H,1-2H3,(H,11,13)(H,12,14);2*1-2H3. The molecule has 18 heavy (non-hydrogen) atoms. The molecule has 0 fully saturated rings. The molecule has 1 aromatic carbocycles. The van der Waals surface area contributed by atoms with Crippen LogP contribution in [0.5, 0.6) is 0 Å². The summed E-state index contributed by atoms with van der Waals surface area (Å²) >= 11 is 0. The number of carbonyl (C=O) groups is 2. The highest BCUT2D eigenvalue weighted by molar-refractivity contribution is 5.97. The van der Waals surface area contributed by atoms with Gasteiger partial charge in [-0.1, -0.05) is 27.7 Å². The van der Waals surface area contributed by atoms with Crippen molar-refractivity contribution in [3.05, 3.63) is 35.4 Å². The molecule has 2 N–H and O–H groups in total. The van der Waals surface area contributed by atoms with Gasteiger partial charge in [0.2, 0.25) is 0 Å². The maximum absolute atomic E-state index is 11.2. The first-order valence-electron chi connectivity index (χ1n) is 6.23. The molecule has 0 aliphatic heterocycles. The molecule has 4 nitrogen and oxygen atoms in total. The minimum Gasteiger partial charge on any atom is -0.355 e. The summed E-state index contributed by atoms with van der Waals surface area (Å²) < 4.78 is 0. The second-order valence-electron chi connectivity index (χ2n) is 2.74. The average molecular weight is 252 g/mol. The number of rotatable bonds is 2. The lowest BCUT2D eigenvalue weighted by molar-refractivity contribution is 0.0951. The molecule has 0 saturated carbocycles. The van der Waals surface area contributed by atoms with Crippen molar-refractivity contribution in [1.29, 1.82) is 0 Å². The van der Waals surface area contributed by atoms with Gasteiger partial charge in [-0.25, -0.2) is 0 Å². The van der Waals surface area contributed by atoms with Gasteiger partial charge < -0.3 is 10.6 Å². The minimum atomic E-state index is -0.159. The molecule has 2 amide bonds. The van der Waals surface area contributed by atoms with Crippen LogP contribution < -0.4 is 10.6 Å². The van der Waals surface area contributed by atoms with Crippen molar-refractivity contribution < 1.29 is 9.59 Å². The molecule has 0 aliphatic rings. The predicted octanol–water partition coefficient (Wildman–Crippen LogP) is 2.46. The van der Waals surface area contributed by atoms with Crippen molar-refractivity contribution in [1.82, 2.24) is 10.6 Å². The van der Waals surface area contributed by atoms with Crippen LogP contribution in [0.4, 0.5) is 0 Å². The second kappa shape index (κ2) is 11.6. The molecule has 0 heterocycles. The lowest BCUT2D eigenvalue weighted by Gasteiger charge is -2.01. The van der Waals surface area contributed by atoms with Crippen molar-refractivity contribution in [2.45, 2.75) is 27.7 Å². The van der Waals surface area contributed by atoms with Crippen molar-refractivity contribution in [2.24, 2.45) is 0 Å². The molecular weight excluding hydrogens is 228 g/mol. The van der Waals surface area contributed by atoms with Crippen LogP contribution in [-0.4, -0.2) is 25.9 Å². The van der Waals surface area contributed by atoms with E-state index in [1.807, 2.05) is 27.7 Å². The van der Waals surface area contributed by atoms with Gasteiger partial charge in [0.15, 0.2) is 0 Å². The highest BCUT2D eigenvalue weighted by Crippen LogP contribution is 2.03. The average Bonchev–Trinajstić information content (AvgIpc) is 2.49. The molecule has 0 spiro atoms. The summed E-state index contributed by atoms with van der Waals surface area (Å²) in [6, 6.07) is 6.46. The third-order valence-corrected chi connectivity index (χ3v) is 1.86. The topological polar surface area (TPSA) is 58.2 Å². The Morgan fingerprint density at radius 3 is 1.11 bits per heavy atom. The summed E-state index contributed by atoms with van der Waals surface area (Å²) in [5.41, 5.74) is 1.08. The van der Waals surface area contributed by atoms with Gasteiger partial charge in [0.1, 0.15) is 0 Å². The van der Waals surface area contributed by atoms with E-state index in [0.717, 1.165) is 0 Å². The highest BCUT2D eigenvalue weighted by atomic mass is 16.2. The van der Waals surface area contributed by atoms with Gasteiger partial charge in [0.25, 0.3) is 11.8 Å². The maximum Gasteiger partial charge on any atom is 0.251 e. The quantitative estimate of drug-likeness (QED) is 0.849. The molecule has 0 aromatic heterocycles. The van der Waals surface area contributed by atoms with E-state index in [4.69, 9.17) is 0 Å². The van der Waals surface area contributed by atoms with Crippen molar-refractivity contribution >= 4 is 11.8 Å². The van der Waals surface area contributed by atoms with Gasteiger partial charge in [-0.05, 0) is 24.3 Å². The molecule has 0 radical (unpaired) electrons. The predicted molar refractivity (Wildman–Crippen MR) is 75.9 cm³/mol. The van der Waals surface area contributed by atoms with Gasteiger partial charge >= 0.3 is 0 Å². The van der Waals surface area contributed by atoms with Crippen molar-refractivity contribution in [2.75, 3.05) is 14.1 Å². The Hall–Kier alpha value is -1.84. The smallest absolute Gasteiger partial charge is 0.251 e. The summed E-state index contributed by atoms with van der Waals surface area (Å²) in [7, 11) is 3.13. The Kier molecular flexibility index (Phi) is 12.0. The minimum absolute atomic E-state index is 0.159. The Bertz CT molecular complexity index is 310. The molecule has 0 saturated heterocycles. The van der Waals surface area contributed by atoms with Gasteiger partial charge in [0.05, 0.1) is 0 Å². The number of amides is 2. The lowest BCUT2D eigenvalue weighted by Crippen LogP contribution is -2.19. The SMILES string of the molecule is CC.CC.CNC(=O)c1ccc(C(=O)NC)cc1. The first-order chi connectivity index (χ1) is 8.69. The van der Waals surface area contributed by atoms with Crippen molar-refractivity contribution in [3.8, 4) is 0 Å². The van der Waals surface area contributed by atoms with Crippen LogP contribution in [0.3, 0.4) is 0 Å². The molecule has 0 unspecified atom stereocenters. The van der Waals surface area contributed by atoms with E-state index < -0.39 is 0 Å².